The number of allylic oxidation sites excluding steroid dienone is 12. The SMILES string of the molecule is CC1(C#N)C=CC=C(/C=C/c2bcc(/C=C/C3=CC=CPC=C3)cc2)C=C1. The Hall–Kier alpha value is -2.75. The van der Waals surface area contributed by atoms with Crippen LogP contribution in [0.5, 0.6) is 0 Å². The summed E-state index contributed by atoms with van der Waals surface area (Å²) in [4.78, 5) is 0. The zero-order valence-corrected chi connectivity index (χ0v) is 16.3. The Morgan fingerprint density at radius 2 is 1.78 bits per heavy atom. The van der Waals surface area contributed by atoms with Gasteiger partial charge in [-0.15, -0.1) is 0 Å². The molecule has 1 aliphatic heterocycles. The average Bonchev–Trinajstić information content (AvgIpc) is 3.07. The second-order valence-electron chi connectivity index (χ2n) is 6.61. The first-order chi connectivity index (χ1) is 13.2. The minimum atomic E-state index is -0.529. The van der Waals surface area contributed by atoms with Crippen molar-refractivity contribution in [1.82, 2.24) is 0 Å². The molecule has 0 saturated carbocycles. The van der Waals surface area contributed by atoms with Gasteiger partial charge in [-0.2, -0.15) is 0 Å². The quantitative estimate of drug-likeness (QED) is 0.576. The van der Waals surface area contributed by atoms with Gasteiger partial charge < -0.3 is 0 Å². The van der Waals surface area contributed by atoms with Gasteiger partial charge in [-0.05, 0) is 0 Å². The molecule has 1 aliphatic carbocycles. The second kappa shape index (κ2) is 9.27. The van der Waals surface area contributed by atoms with Crippen molar-refractivity contribution in [2.75, 3.05) is 0 Å². The summed E-state index contributed by atoms with van der Waals surface area (Å²) in [6.45, 7) is 4.02. The molecule has 27 heavy (non-hydrogen) atoms. The molecule has 0 radical (unpaired) electrons. The molecular weight excluding hydrogens is 344 g/mol. The van der Waals surface area contributed by atoms with E-state index in [1.54, 1.807) is 0 Å². The van der Waals surface area contributed by atoms with Crippen LogP contribution in [0.1, 0.15) is 17.9 Å². The van der Waals surface area contributed by atoms with Gasteiger partial charge in [0.2, 0.25) is 0 Å². The van der Waals surface area contributed by atoms with E-state index >= 15 is 0 Å². The summed E-state index contributed by atoms with van der Waals surface area (Å²) < 4.78 is 0. The Balaban J connectivity index is 1.65. The molecule has 3 rings (SSSR count). The molecule has 0 N–H and O–H groups in total. The van der Waals surface area contributed by atoms with E-state index < -0.39 is 5.41 Å². The fraction of sp³-hybridized carbons (Fsp3) is 0.0833. The third-order valence-corrected chi connectivity index (χ3v) is 5.06. The van der Waals surface area contributed by atoms with Gasteiger partial charge in [0.1, 0.15) is 0 Å². The normalized spacial score (nSPS) is 22.5. The standard InChI is InChI=1S/C24H21BNP/c1-24(19-26)14-2-4-20(12-15-24)8-10-23-11-9-22(18-25-23)7-6-21-5-3-16-27-17-13-21/h2-18,27H,1H3/b7-6+,10-8+. The van der Waals surface area contributed by atoms with Crippen LogP contribution in [0.2, 0.25) is 0 Å². The maximum absolute atomic E-state index is 9.23. The van der Waals surface area contributed by atoms with Crippen molar-refractivity contribution in [2.24, 2.45) is 5.41 Å². The Kier molecular flexibility index (Phi) is 6.53. The molecule has 0 bridgehead atoms. The number of rotatable bonds is 4. The van der Waals surface area contributed by atoms with Crippen LogP contribution < -0.4 is 0 Å². The first-order valence-electron chi connectivity index (χ1n) is 8.93. The molecule has 0 aromatic carbocycles. The van der Waals surface area contributed by atoms with Gasteiger partial charge in [-0.1, -0.05) is 0 Å². The molecule has 1 aromatic heterocycles. The molecule has 0 fully saturated rings. The summed E-state index contributed by atoms with van der Waals surface area (Å²) in [7, 11) is 0.763. The molecule has 2 unspecified atom stereocenters. The predicted molar refractivity (Wildman–Crippen MR) is 121 cm³/mol. The van der Waals surface area contributed by atoms with Crippen LogP contribution in [0, 0.1) is 16.7 Å². The number of hydrogen-bond acceptors (Lipinski definition) is 1. The summed E-state index contributed by atoms with van der Waals surface area (Å²) in [5, 5.41) is 9.23. The first-order valence-corrected chi connectivity index (χ1v) is 10.1. The van der Waals surface area contributed by atoms with Crippen molar-refractivity contribution in [1.29, 1.82) is 5.26 Å². The van der Waals surface area contributed by atoms with E-state index in [1.807, 2.05) is 37.3 Å². The molecule has 2 atom stereocenters. The molecule has 2 heterocycles. The van der Waals surface area contributed by atoms with Gasteiger partial charge >= 0.3 is 164 Å². The zero-order valence-electron chi connectivity index (χ0n) is 15.3. The van der Waals surface area contributed by atoms with E-state index in [0.29, 0.717) is 0 Å². The average molecular weight is 365 g/mol. The van der Waals surface area contributed by atoms with Gasteiger partial charge in [-0.25, -0.2) is 0 Å². The second-order valence-corrected chi connectivity index (χ2v) is 7.61. The summed E-state index contributed by atoms with van der Waals surface area (Å²) in [5.74, 6) is 6.49. The summed E-state index contributed by atoms with van der Waals surface area (Å²) in [6.07, 6.45) is 24.7. The third-order valence-electron chi connectivity index (χ3n) is 4.32. The number of hydrogen-bond donors (Lipinski definition) is 0. The molecule has 0 spiro atoms. The van der Waals surface area contributed by atoms with Gasteiger partial charge in [0.05, 0.1) is 0 Å². The summed E-state index contributed by atoms with van der Waals surface area (Å²) >= 11 is 0. The topological polar surface area (TPSA) is 23.8 Å². The molecule has 2 aliphatic rings. The molecule has 130 valence electrons. The van der Waals surface area contributed by atoms with Gasteiger partial charge in [0.15, 0.2) is 0 Å². The Morgan fingerprint density at radius 3 is 2.59 bits per heavy atom. The van der Waals surface area contributed by atoms with Crippen molar-refractivity contribution in [3.8, 4) is 6.07 Å². The predicted octanol–water partition coefficient (Wildman–Crippen LogP) is 6.28. The van der Waals surface area contributed by atoms with Crippen molar-refractivity contribution < 1.29 is 0 Å². The van der Waals surface area contributed by atoms with E-state index in [4.69, 9.17) is 0 Å². The van der Waals surface area contributed by atoms with Gasteiger partial charge in [0, 0.05) is 0 Å². The molecule has 1 aromatic rings. The van der Waals surface area contributed by atoms with Gasteiger partial charge in [-0.3, -0.25) is 0 Å². The van der Waals surface area contributed by atoms with E-state index in [-0.39, 0.29) is 0 Å². The van der Waals surface area contributed by atoms with Crippen molar-refractivity contribution in [3.05, 3.63) is 113 Å². The minimum absolute atomic E-state index is 0.529. The van der Waals surface area contributed by atoms with Crippen LogP contribution in [0.25, 0.3) is 12.2 Å². The first kappa shape index (κ1) is 19.0. The number of nitriles is 1. The van der Waals surface area contributed by atoms with Crippen molar-refractivity contribution >= 4 is 27.6 Å². The summed E-state index contributed by atoms with van der Waals surface area (Å²) in [5.41, 5.74) is 4.09. The molecule has 3 heteroatoms. The maximum atomic E-state index is 9.23. The molecule has 0 saturated heterocycles. The van der Waals surface area contributed by atoms with E-state index in [1.165, 1.54) is 11.1 Å². The van der Waals surface area contributed by atoms with Crippen LogP contribution in [0.4, 0.5) is 0 Å². The Morgan fingerprint density at radius 1 is 0.963 bits per heavy atom. The Bertz CT molecular complexity index is 963. The number of nitrogens with zero attached hydrogens (tertiary/aromatic N) is 1. The van der Waals surface area contributed by atoms with Crippen LogP contribution in [-0.2, 0) is 0 Å². The fourth-order valence-corrected chi connectivity index (χ4v) is 3.22. The van der Waals surface area contributed by atoms with E-state index in [0.717, 1.165) is 19.6 Å². The van der Waals surface area contributed by atoms with Crippen LogP contribution >= 0.6 is 8.58 Å². The van der Waals surface area contributed by atoms with Crippen LogP contribution in [-0.4, -0.2) is 6.91 Å². The monoisotopic (exact) mass is 365 g/mol. The van der Waals surface area contributed by atoms with Crippen molar-refractivity contribution in [3.63, 3.8) is 0 Å². The molecule has 1 nitrogen and oxygen atoms in total. The van der Waals surface area contributed by atoms with E-state index in [9.17, 15) is 5.26 Å². The Labute approximate surface area is 164 Å². The molecular formula is C24H21BNP. The van der Waals surface area contributed by atoms with E-state index in [2.05, 4.69) is 85.2 Å². The zero-order chi connectivity index (χ0) is 19.0. The molecule has 0 amide bonds. The third kappa shape index (κ3) is 5.88. The van der Waals surface area contributed by atoms with Crippen LogP contribution in [0.15, 0.2) is 102 Å². The van der Waals surface area contributed by atoms with Crippen molar-refractivity contribution in [2.45, 2.75) is 6.92 Å². The summed E-state index contributed by atoms with van der Waals surface area (Å²) in [6, 6.07) is 6.55. The van der Waals surface area contributed by atoms with Gasteiger partial charge in [0.25, 0.3) is 0 Å². The van der Waals surface area contributed by atoms with Crippen LogP contribution in [0.3, 0.4) is 0 Å². The fourth-order valence-electron chi connectivity index (χ4n) is 2.61.